The van der Waals surface area contributed by atoms with Crippen LogP contribution in [0.4, 0.5) is 10.1 Å². The lowest BCUT2D eigenvalue weighted by molar-refractivity contribution is -0.111. The Morgan fingerprint density at radius 3 is 2.62 bits per heavy atom. The average Bonchev–Trinajstić information content (AvgIpc) is 2.49. The maximum Gasteiger partial charge on any atom is 0.248 e. The lowest BCUT2D eigenvalue weighted by Gasteiger charge is -2.08. The van der Waals surface area contributed by atoms with Gasteiger partial charge in [0.1, 0.15) is 5.82 Å². The maximum absolute atomic E-state index is 12.8. The van der Waals surface area contributed by atoms with E-state index in [1.807, 2.05) is 24.3 Å². The van der Waals surface area contributed by atoms with Gasteiger partial charge in [-0.3, -0.25) is 4.79 Å². The fraction of sp³-hybridized carbons (Fsp3) is 0.118. The molecule has 2 aromatic carbocycles. The molecule has 0 atom stereocenters. The number of nitrogens with one attached hydrogen (secondary N) is 1. The van der Waals surface area contributed by atoms with E-state index in [0.29, 0.717) is 0 Å². The number of benzene rings is 2. The summed E-state index contributed by atoms with van der Waals surface area (Å²) < 4.78 is 12.8. The first-order valence-electron chi connectivity index (χ1n) is 6.65. The van der Waals surface area contributed by atoms with Gasteiger partial charge in [-0.15, -0.1) is 11.8 Å². The monoisotopic (exact) mass is 301 g/mol. The second-order valence-electron chi connectivity index (χ2n) is 4.30. The maximum atomic E-state index is 12.8. The van der Waals surface area contributed by atoms with Crippen molar-refractivity contribution in [1.29, 1.82) is 0 Å². The van der Waals surface area contributed by atoms with Crippen molar-refractivity contribution < 1.29 is 9.18 Å². The Hall–Kier alpha value is -2.07. The minimum atomic E-state index is -0.290. The molecule has 0 heterocycles. The fourth-order valence-electron chi connectivity index (χ4n) is 1.77. The first-order valence-corrected chi connectivity index (χ1v) is 7.64. The van der Waals surface area contributed by atoms with E-state index in [0.717, 1.165) is 21.9 Å². The van der Waals surface area contributed by atoms with Crippen LogP contribution in [0.3, 0.4) is 0 Å². The molecule has 2 rings (SSSR count). The number of hydrogen-bond donors (Lipinski definition) is 1. The summed E-state index contributed by atoms with van der Waals surface area (Å²) in [4.78, 5) is 13.0. The SMILES string of the molecule is CCSc1ccccc1NC(=O)/C=C/c1ccc(F)cc1. The van der Waals surface area contributed by atoms with Crippen LogP contribution >= 0.6 is 11.8 Å². The molecule has 0 aliphatic carbocycles. The van der Waals surface area contributed by atoms with Crippen molar-refractivity contribution >= 4 is 29.4 Å². The molecule has 0 aliphatic heterocycles. The predicted octanol–water partition coefficient (Wildman–Crippen LogP) is 4.59. The minimum absolute atomic E-state index is 0.205. The predicted molar refractivity (Wildman–Crippen MR) is 86.9 cm³/mol. The van der Waals surface area contributed by atoms with E-state index in [1.165, 1.54) is 18.2 Å². The number of para-hydroxylation sites is 1. The Morgan fingerprint density at radius 2 is 1.90 bits per heavy atom. The second-order valence-corrected chi connectivity index (χ2v) is 5.61. The number of rotatable bonds is 5. The normalized spacial score (nSPS) is 10.8. The molecule has 0 spiro atoms. The van der Waals surface area contributed by atoms with E-state index in [1.54, 1.807) is 30.0 Å². The third-order valence-corrected chi connectivity index (χ3v) is 3.70. The molecule has 2 nitrogen and oxygen atoms in total. The number of halogens is 1. The summed E-state index contributed by atoms with van der Waals surface area (Å²) in [6.45, 7) is 2.07. The van der Waals surface area contributed by atoms with Crippen molar-refractivity contribution in [2.45, 2.75) is 11.8 Å². The quantitative estimate of drug-likeness (QED) is 0.646. The van der Waals surface area contributed by atoms with E-state index in [-0.39, 0.29) is 11.7 Å². The van der Waals surface area contributed by atoms with Crippen LogP contribution in [0, 0.1) is 5.82 Å². The summed E-state index contributed by atoms with van der Waals surface area (Å²) in [5.41, 5.74) is 1.58. The zero-order valence-electron chi connectivity index (χ0n) is 11.7. The van der Waals surface area contributed by atoms with Crippen LogP contribution in [0.5, 0.6) is 0 Å². The van der Waals surface area contributed by atoms with E-state index in [2.05, 4.69) is 12.2 Å². The third-order valence-electron chi connectivity index (χ3n) is 2.74. The van der Waals surface area contributed by atoms with Gasteiger partial charge in [-0.2, -0.15) is 0 Å². The van der Waals surface area contributed by atoms with Gasteiger partial charge in [0, 0.05) is 11.0 Å². The standard InChI is InChI=1S/C17H16FNOS/c1-2-21-16-6-4-3-5-15(16)19-17(20)12-9-13-7-10-14(18)11-8-13/h3-12H,2H2,1H3,(H,19,20)/b12-9+. The van der Waals surface area contributed by atoms with Crippen molar-refractivity contribution in [2.75, 3.05) is 11.1 Å². The zero-order valence-corrected chi connectivity index (χ0v) is 12.5. The highest BCUT2D eigenvalue weighted by molar-refractivity contribution is 7.99. The molecule has 0 radical (unpaired) electrons. The lowest BCUT2D eigenvalue weighted by atomic mass is 10.2. The van der Waals surface area contributed by atoms with Gasteiger partial charge in [-0.05, 0) is 41.7 Å². The summed E-state index contributed by atoms with van der Waals surface area (Å²) >= 11 is 1.68. The van der Waals surface area contributed by atoms with Crippen LogP contribution in [0.25, 0.3) is 6.08 Å². The van der Waals surface area contributed by atoms with Crippen molar-refractivity contribution in [2.24, 2.45) is 0 Å². The topological polar surface area (TPSA) is 29.1 Å². The number of amides is 1. The van der Waals surface area contributed by atoms with Gasteiger partial charge in [-0.25, -0.2) is 4.39 Å². The van der Waals surface area contributed by atoms with Gasteiger partial charge in [0.05, 0.1) is 5.69 Å². The fourth-order valence-corrected chi connectivity index (χ4v) is 2.53. The van der Waals surface area contributed by atoms with Crippen molar-refractivity contribution in [3.05, 3.63) is 66.0 Å². The van der Waals surface area contributed by atoms with Crippen molar-refractivity contribution in [3.8, 4) is 0 Å². The zero-order chi connectivity index (χ0) is 15.1. The van der Waals surface area contributed by atoms with Gasteiger partial charge in [0.15, 0.2) is 0 Å². The Balaban J connectivity index is 2.03. The summed E-state index contributed by atoms with van der Waals surface area (Å²) in [5, 5.41) is 2.86. The van der Waals surface area contributed by atoms with Crippen LogP contribution in [0.2, 0.25) is 0 Å². The second kappa shape index (κ2) is 7.64. The molecular formula is C17H16FNOS. The molecule has 1 N–H and O–H groups in total. The Morgan fingerprint density at radius 1 is 1.19 bits per heavy atom. The highest BCUT2D eigenvalue weighted by Crippen LogP contribution is 2.26. The average molecular weight is 301 g/mol. The molecule has 21 heavy (non-hydrogen) atoms. The molecular weight excluding hydrogens is 285 g/mol. The molecule has 0 unspecified atom stereocenters. The van der Waals surface area contributed by atoms with Gasteiger partial charge >= 0.3 is 0 Å². The van der Waals surface area contributed by atoms with Crippen LogP contribution in [0.15, 0.2) is 59.5 Å². The van der Waals surface area contributed by atoms with Gasteiger partial charge in [-0.1, -0.05) is 31.2 Å². The van der Waals surface area contributed by atoms with Crippen LogP contribution in [-0.4, -0.2) is 11.7 Å². The number of hydrogen-bond acceptors (Lipinski definition) is 2. The number of carbonyl (C=O) groups is 1. The molecule has 1 amide bonds. The molecule has 0 bridgehead atoms. The summed E-state index contributed by atoms with van der Waals surface area (Å²) in [6.07, 6.45) is 3.10. The minimum Gasteiger partial charge on any atom is -0.321 e. The molecule has 108 valence electrons. The third kappa shape index (κ3) is 4.76. The van der Waals surface area contributed by atoms with Crippen LogP contribution in [0.1, 0.15) is 12.5 Å². The van der Waals surface area contributed by atoms with E-state index >= 15 is 0 Å². The van der Waals surface area contributed by atoms with E-state index < -0.39 is 0 Å². The summed E-state index contributed by atoms with van der Waals surface area (Å²) in [7, 11) is 0. The summed E-state index contributed by atoms with van der Waals surface area (Å²) in [5.74, 6) is 0.448. The van der Waals surface area contributed by atoms with Gasteiger partial charge in [0.2, 0.25) is 5.91 Å². The van der Waals surface area contributed by atoms with Crippen LogP contribution in [-0.2, 0) is 4.79 Å². The molecule has 4 heteroatoms. The molecule has 0 fully saturated rings. The van der Waals surface area contributed by atoms with E-state index in [4.69, 9.17) is 0 Å². The molecule has 0 saturated carbocycles. The largest absolute Gasteiger partial charge is 0.321 e. The summed E-state index contributed by atoms with van der Waals surface area (Å²) in [6, 6.07) is 13.7. The molecule has 2 aromatic rings. The molecule has 0 aliphatic rings. The van der Waals surface area contributed by atoms with Crippen molar-refractivity contribution in [1.82, 2.24) is 0 Å². The van der Waals surface area contributed by atoms with Gasteiger partial charge < -0.3 is 5.32 Å². The Labute approximate surface area is 128 Å². The molecule has 0 saturated heterocycles. The van der Waals surface area contributed by atoms with Crippen molar-refractivity contribution in [3.63, 3.8) is 0 Å². The van der Waals surface area contributed by atoms with E-state index in [9.17, 15) is 9.18 Å². The Kier molecular flexibility index (Phi) is 5.58. The van der Waals surface area contributed by atoms with Crippen LogP contribution < -0.4 is 5.32 Å². The molecule has 0 aromatic heterocycles. The number of anilines is 1. The smallest absolute Gasteiger partial charge is 0.248 e. The first-order chi connectivity index (χ1) is 10.2. The highest BCUT2D eigenvalue weighted by atomic mass is 32.2. The first kappa shape index (κ1) is 15.3. The lowest BCUT2D eigenvalue weighted by Crippen LogP contribution is -2.08. The Bertz CT molecular complexity index is 637. The highest BCUT2D eigenvalue weighted by Gasteiger charge is 2.03. The van der Waals surface area contributed by atoms with Gasteiger partial charge in [0.25, 0.3) is 0 Å². The number of thioether (sulfide) groups is 1. The number of carbonyl (C=O) groups excluding carboxylic acids is 1.